The Kier molecular flexibility index (Phi) is 3.29. The van der Waals surface area contributed by atoms with Crippen LogP contribution in [-0.2, 0) is 4.74 Å². The predicted molar refractivity (Wildman–Crippen MR) is 47.3 cm³/mol. The van der Waals surface area contributed by atoms with Crippen molar-refractivity contribution in [1.29, 1.82) is 0 Å². The van der Waals surface area contributed by atoms with Gasteiger partial charge in [-0.1, -0.05) is 13.3 Å². The monoisotopic (exact) mass is 190 g/mol. The summed E-state index contributed by atoms with van der Waals surface area (Å²) in [5.74, 6) is 0. The van der Waals surface area contributed by atoms with Crippen LogP contribution < -0.4 is 0 Å². The highest BCUT2D eigenvalue weighted by Gasteiger charge is 2.48. The van der Waals surface area contributed by atoms with E-state index in [1.807, 2.05) is 6.92 Å². The van der Waals surface area contributed by atoms with Crippen LogP contribution in [0, 0.1) is 0 Å². The molecule has 1 heterocycles. The zero-order valence-electron chi connectivity index (χ0n) is 8.10. The van der Waals surface area contributed by atoms with Gasteiger partial charge in [0.15, 0.2) is 0 Å². The largest absolute Gasteiger partial charge is 0.388 e. The van der Waals surface area contributed by atoms with Gasteiger partial charge in [-0.3, -0.25) is 0 Å². The first-order chi connectivity index (χ1) is 6.02. The van der Waals surface area contributed by atoms with Crippen molar-refractivity contribution in [3.8, 4) is 0 Å². The molecule has 4 heteroatoms. The third kappa shape index (κ3) is 1.86. The quantitative estimate of drug-likeness (QED) is 0.557. The lowest BCUT2D eigenvalue weighted by atomic mass is 9.82. The highest BCUT2D eigenvalue weighted by molar-refractivity contribution is 4.98. The van der Waals surface area contributed by atoms with E-state index in [1.54, 1.807) is 6.92 Å². The van der Waals surface area contributed by atoms with E-state index < -0.39 is 23.9 Å². The van der Waals surface area contributed by atoms with Crippen LogP contribution in [-0.4, -0.2) is 45.8 Å². The summed E-state index contributed by atoms with van der Waals surface area (Å²) in [6, 6.07) is 0. The Morgan fingerprint density at radius 2 is 2.08 bits per heavy atom. The molecule has 13 heavy (non-hydrogen) atoms. The molecule has 0 aromatic heterocycles. The van der Waals surface area contributed by atoms with Gasteiger partial charge in [-0.25, -0.2) is 0 Å². The Morgan fingerprint density at radius 1 is 1.46 bits per heavy atom. The molecule has 4 nitrogen and oxygen atoms in total. The summed E-state index contributed by atoms with van der Waals surface area (Å²) in [7, 11) is 0. The average molecular weight is 190 g/mol. The summed E-state index contributed by atoms with van der Waals surface area (Å²) < 4.78 is 5.17. The zero-order chi connectivity index (χ0) is 10.1. The Hall–Kier alpha value is -0.160. The molecule has 0 spiro atoms. The lowest BCUT2D eigenvalue weighted by Gasteiger charge is -2.44. The van der Waals surface area contributed by atoms with Crippen molar-refractivity contribution in [2.24, 2.45) is 0 Å². The van der Waals surface area contributed by atoms with Gasteiger partial charge in [0.05, 0.1) is 12.7 Å². The number of ether oxygens (including phenoxy) is 1. The standard InChI is InChI=1S/C9H18O4/c1-3-4-9(12)6(2)13-5-7(10)8(9)11/h6-8,10-12H,3-5H2,1-2H3/t6?,7?,8-,9-/m1/s1. The minimum absolute atomic E-state index is 0.0916. The molecule has 0 aromatic rings. The van der Waals surface area contributed by atoms with Crippen LogP contribution in [0.25, 0.3) is 0 Å². The van der Waals surface area contributed by atoms with Gasteiger partial charge in [0, 0.05) is 0 Å². The first kappa shape index (κ1) is 10.9. The number of hydrogen-bond donors (Lipinski definition) is 3. The van der Waals surface area contributed by atoms with E-state index in [9.17, 15) is 15.3 Å². The molecule has 78 valence electrons. The second-order valence-corrected chi connectivity index (χ2v) is 3.73. The van der Waals surface area contributed by atoms with Gasteiger partial charge >= 0.3 is 0 Å². The third-order valence-corrected chi connectivity index (χ3v) is 2.75. The molecule has 0 bridgehead atoms. The molecule has 0 aliphatic carbocycles. The second-order valence-electron chi connectivity index (χ2n) is 3.73. The van der Waals surface area contributed by atoms with Crippen LogP contribution in [0.5, 0.6) is 0 Å². The Morgan fingerprint density at radius 3 is 2.62 bits per heavy atom. The van der Waals surface area contributed by atoms with Gasteiger partial charge in [-0.05, 0) is 13.3 Å². The smallest absolute Gasteiger partial charge is 0.119 e. The first-order valence-electron chi connectivity index (χ1n) is 4.72. The summed E-state index contributed by atoms with van der Waals surface area (Å²) in [5, 5.41) is 29.0. The minimum Gasteiger partial charge on any atom is -0.388 e. The molecule has 1 saturated heterocycles. The van der Waals surface area contributed by atoms with E-state index in [1.165, 1.54) is 0 Å². The van der Waals surface area contributed by atoms with E-state index in [-0.39, 0.29) is 6.61 Å². The van der Waals surface area contributed by atoms with Crippen molar-refractivity contribution in [2.75, 3.05) is 6.61 Å². The summed E-state index contributed by atoms with van der Waals surface area (Å²) in [6.07, 6.45) is -1.32. The highest BCUT2D eigenvalue weighted by Crippen LogP contribution is 2.30. The average Bonchev–Trinajstić information content (AvgIpc) is 2.10. The maximum atomic E-state index is 10.0. The van der Waals surface area contributed by atoms with E-state index in [0.29, 0.717) is 6.42 Å². The van der Waals surface area contributed by atoms with Crippen molar-refractivity contribution in [2.45, 2.75) is 50.6 Å². The summed E-state index contributed by atoms with van der Waals surface area (Å²) in [4.78, 5) is 0. The maximum Gasteiger partial charge on any atom is 0.119 e. The highest BCUT2D eigenvalue weighted by atomic mass is 16.5. The van der Waals surface area contributed by atoms with Crippen LogP contribution in [0.1, 0.15) is 26.7 Å². The number of hydrogen-bond acceptors (Lipinski definition) is 4. The molecular formula is C9H18O4. The topological polar surface area (TPSA) is 69.9 Å². The van der Waals surface area contributed by atoms with Crippen molar-refractivity contribution in [3.63, 3.8) is 0 Å². The van der Waals surface area contributed by atoms with Gasteiger partial charge < -0.3 is 20.1 Å². The molecule has 1 fully saturated rings. The van der Waals surface area contributed by atoms with Crippen LogP contribution >= 0.6 is 0 Å². The molecule has 2 unspecified atom stereocenters. The molecule has 1 aliphatic heterocycles. The van der Waals surface area contributed by atoms with E-state index in [0.717, 1.165) is 6.42 Å². The van der Waals surface area contributed by atoms with Gasteiger partial charge in [-0.2, -0.15) is 0 Å². The molecule has 0 aromatic carbocycles. The van der Waals surface area contributed by atoms with Gasteiger partial charge in [-0.15, -0.1) is 0 Å². The maximum absolute atomic E-state index is 10.0. The van der Waals surface area contributed by atoms with Gasteiger partial charge in [0.25, 0.3) is 0 Å². The second kappa shape index (κ2) is 3.92. The van der Waals surface area contributed by atoms with E-state index in [4.69, 9.17) is 4.74 Å². The van der Waals surface area contributed by atoms with Crippen LogP contribution in [0.15, 0.2) is 0 Å². The number of rotatable bonds is 2. The Labute approximate surface area is 78.1 Å². The van der Waals surface area contributed by atoms with Crippen molar-refractivity contribution >= 4 is 0 Å². The number of aliphatic hydroxyl groups is 3. The minimum atomic E-state index is -1.30. The number of aliphatic hydroxyl groups excluding tert-OH is 2. The van der Waals surface area contributed by atoms with Crippen molar-refractivity contribution < 1.29 is 20.1 Å². The van der Waals surface area contributed by atoms with Crippen LogP contribution in [0.3, 0.4) is 0 Å². The van der Waals surface area contributed by atoms with Crippen molar-refractivity contribution in [1.82, 2.24) is 0 Å². The first-order valence-corrected chi connectivity index (χ1v) is 4.72. The van der Waals surface area contributed by atoms with E-state index in [2.05, 4.69) is 0 Å². The molecule has 4 atom stereocenters. The molecule has 3 N–H and O–H groups in total. The zero-order valence-corrected chi connectivity index (χ0v) is 8.10. The lowest BCUT2D eigenvalue weighted by molar-refractivity contribution is -0.239. The Balaban J connectivity index is 2.75. The molecule has 0 radical (unpaired) electrons. The van der Waals surface area contributed by atoms with Crippen LogP contribution in [0.4, 0.5) is 0 Å². The molecule has 1 rings (SSSR count). The van der Waals surface area contributed by atoms with Crippen molar-refractivity contribution in [3.05, 3.63) is 0 Å². The normalized spacial score (nSPS) is 46.4. The predicted octanol–water partition coefficient (Wildman–Crippen LogP) is -0.342. The summed E-state index contributed by atoms with van der Waals surface area (Å²) in [5.41, 5.74) is -1.30. The van der Waals surface area contributed by atoms with Gasteiger partial charge in [0.2, 0.25) is 0 Å². The van der Waals surface area contributed by atoms with Crippen LogP contribution in [0.2, 0.25) is 0 Å². The summed E-state index contributed by atoms with van der Waals surface area (Å²) in [6.45, 7) is 3.72. The molecule has 0 saturated carbocycles. The SMILES string of the molecule is CCC[C@@]1(O)C(C)OCC(O)[C@H]1O. The Bertz CT molecular complexity index is 173. The van der Waals surface area contributed by atoms with Gasteiger partial charge in [0.1, 0.15) is 17.8 Å². The van der Waals surface area contributed by atoms with E-state index >= 15 is 0 Å². The third-order valence-electron chi connectivity index (χ3n) is 2.75. The fraction of sp³-hybridized carbons (Fsp3) is 1.00. The molecular weight excluding hydrogens is 172 g/mol. The summed E-state index contributed by atoms with van der Waals surface area (Å²) >= 11 is 0. The fourth-order valence-corrected chi connectivity index (χ4v) is 1.80. The fourth-order valence-electron chi connectivity index (χ4n) is 1.80. The molecule has 1 aliphatic rings. The lowest BCUT2D eigenvalue weighted by Crippen LogP contribution is -2.61. The molecule has 0 amide bonds.